The van der Waals surface area contributed by atoms with Gasteiger partial charge in [-0.3, -0.25) is 0 Å². The Morgan fingerprint density at radius 3 is 2.90 bits per heavy atom. The van der Waals surface area contributed by atoms with Crippen molar-refractivity contribution in [3.05, 3.63) is 47.5 Å². The molecule has 102 valence electrons. The number of hydrogen-bond donors (Lipinski definition) is 2. The number of phenols is 1. The Hall–Kier alpha value is -2.36. The minimum absolute atomic E-state index is 0.196. The largest absolute Gasteiger partial charge is 0.508 e. The van der Waals surface area contributed by atoms with Gasteiger partial charge in [0.2, 0.25) is 0 Å². The molecule has 2 heterocycles. The molecule has 4 nitrogen and oxygen atoms in total. The van der Waals surface area contributed by atoms with Crippen LogP contribution in [-0.4, -0.2) is 18.8 Å². The number of hydrogen-bond acceptors (Lipinski definition) is 4. The lowest BCUT2D eigenvalue weighted by Gasteiger charge is -2.29. The highest BCUT2D eigenvalue weighted by atomic mass is 16.5. The molecule has 0 saturated carbocycles. The van der Waals surface area contributed by atoms with E-state index in [0.29, 0.717) is 12.5 Å². The fraction of sp³-hybridized carbons (Fsp3) is 0.250. The first-order chi connectivity index (χ1) is 9.76. The number of methoxy groups -OCH3 is 1. The SMILES string of the molecule is COc1ccc2c(c1)N[C@H]1c3ccc(O)cc3OC[C@@H]21. The Kier molecular flexibility index (Phi) is 2.33. The third kappa shape index (κ3) is 1.54. The minimum Gasteiger partial charge on any atom is -0.508 e. The van der Waals surface area contributed by atoms with Gasteiger partial charge < -0.3 is 19.9 Å². The Morgan fingerprint density at radius 1 is 1.20 bits per heavy atom. The molecule has 4 rings (SSSR count). The summed E-state index contributed by atoms with van der Waals surface area (Å²) in [5, 5.41) is 13.1. The predicted molar refractivity (Wildman–Crippen MR) is 75.7 cm³/mol. The summed E-state index contributed by atoms with van der Waals surface area (Å²) >= 11 is 0. The quantitative estimate of drug-likeness (QED) is 0.835. The Labute approximate surface area is 117 Å². The third-order valence-corrected chi connectivity index (χ3v) is 4.12. The average Bonchev–Trinajstić information content (AvgIpc) is 2.84. The van der Waals surface area contributed by atoms with E-state index < -0.39 is 0 Å². The van der Waals surface area contributed by atoms with Crippen molar-refractivity contribution in [2.24, 2.45) is 0 Å². The van der Waals surface area contributed by atoms with Crippen molar-refractivity contribution in [2.75, 3.05) is 19.0 Å². The first kappa shape index (κ1) is 11.5. The fourth-order valence-electron chi connectivity index (χ4n) is 3.12. The molecule has 2 aliphatic rings. The fourth-order valence-corrected chi connectivity index (χ4v) is 3.12. The van der Waals surface area contributed by atoms with Crippen LogP contribution in [0.2, 0.25) is 0 Å². The maximum atomic E-state index is 9.55. The number of fused-ring (bicyclic) bond motifs is 5. The van der Waals surface area contributed by atoms with Crippen molar-refractivity contribution in [1.82, 2.24) is 0 Å². The highest BCUT2D eigenvalue weighted by Gasteiger charge is 2.38. The number of ether oxygens (including phenoxy) is 2. The normalized spacial score (nSPS) is 22.1. The van der Waals surface area contributed by atoms with Gasteiger partial charge in [0.25, 0.3) is 0 Å². The number of nitrogens with one attached hydrogen (secondary N) is 1. The summed E-state index contributed by atoms with van der Waals surface area (Å²) in [5.74, 6) is 2.15. The Balaban J connectivity index is 1.78. The van der Waals surface area contributed by atoms with Crippen LogP contribution in [-0.2, 0) is 0 Å². The topological polar surface area (TPSA) is 50.7 Å². The molecule has 0 fully saturated rings. The van der Waals surface area contributed by atoms with Crippen molar-refractivity contribution >= 4 is 5.69 Å². The van der Waals surface area contributed by atoms with Crippen LogP contribution >= 0.6 is 0 Å². The first-order valence-electron chi connectivity index (χ1n) is 6.66. The van der Waals surface area contributed by atoms with E-state index >= 15 is 0 Å². The van der Waals surface area contributed by atoms with Gasteiger partial charge in [-0.2, -0.15) is 0 Å². The van der Waals surface area contributed by atoms with Crippen LogP contribution in [0.3, 0.4) is 0 Å². The highest BCUT2D eigenvalue weighted by Crippen LogP contribution is 2.50. The zero-order valence-corrected chi connectivity index (χ0v) is 11.1. The second kappa shape index (κ2) is 4.07. The lowest BCUT2D eigenvalue weighted by atomic mass is 9.89. The molecule has 0 amide bonds. The molecule has 2 aliphatic heterocycles. The molecule has 4 heteroatoms. The summed E-state index contributed by atoms with van der Waals surface area (Å²) < 4.78 is 11.1. The van der Waals surface area contributed by atoms with Gasteiger partial charge in [-0.25, -0.2) is 0 Å². The first-order valence-corrected chi connectivity index (χ1v) is 6.66. The summed E-state index contributed by atoms with van der Waals surface area (Å²) in [6.07, 6.45) is 0. The second-order valence-corrected chi connectivity index (χ2v) is 5.21. The van der Waals surface area contributed by atoms with Crippen molar-refractivity contribution in [1.29, 1.82) is 0 Å². The van der Waals surface area contributed by atoms with Gasteiger partial charge in [-0.1, -0.05) is 6.07 Å². The van der Waals surface area contributed by atoms with Gasteiger partial charge in [0.05, 0.1) is 19.8 Å². The Morgan fingerprint density at radius 2 is 2.05 bits per heavy atom. The van der Waals surface area contributed by atoms with Crippen LogP contribution in [0.15, 0.2) is 36.4 Å². The van der Waals surface area contributed by atoms with E-state index in [1.54, 1.807) is 19.2 Å². The number of rotatable bonds is 1. The standard InChI is InChI=1S/C16H15NO3/c1-19-10-3-5-11-13-8-20-15-6-9(18)2-4-12(15)16(13)17-14(11)7-10/h2-7,13,16-18H,8H2,1H3/t13-,16-/m0/s1. The molecular formula is C16H15NO3. The molecule has 0 saturated heterocycles. The van der Waals surface area contributed by atoms with E-state index in [4.69, 9.17) is 9.47 Å². The summed E-state index contributed by atoms with van der Waals surface area (Å²) in [6.45, 7) is 0.619. The van der Waals surface area contributed by atoms with Gasteiger partial charge in [0.15, 0.2) is 0 Å². The van der Waals surface area contributed by atoms with Gasteiger partial charge in [0, 0.05) is 29.3 Å². The van der Waals surface area contributed by atoms with Crippen molar-refractivity contribution in [3.8, 4) is 17.2 Å². The van der Waals surface area contributed by atoms with Crippen LogP contribution < -0.4 is 14.8 Å². The molecule has 0 bridgehead atoms. The molecule has 20 heavy (non-hydrogen) atoms. The molecule has 0 spiro atoms. The van der Waals surface area contributed by atoms with Gasteiger partial charge in [-0.05, 0) is 23.8 Å². The highest BCUT2D eigenvalue weighted by molar-refractivity contribution is 5.65. The van der Waals surface area contributed by atoms with Crippen molar-refractivity contribution < 1.29 is 14.6 Å². The van der Waals surface area contributed by atoms with E-state index in [1.807, 2.05) is 18.2 Å². The molecule has 2 aromatic carbocycles. The number of benzene rings is 2. The number of phenolic OH excluding ortho intramolecular Hbond substituents is 1. The van der Waals surface area contributed by atoms with Crippen LogP contribution in [0, 0.1) is 0 Å². The maximum absolute atomic E-state index is 9.55. The van der Waals surface area contributed by atoms with Crippen LogP contribution in [0.4, 0.5) is 5.69 Å². The smallest absolute Gasteiger partial charge is 0.128 e. The second-order valence-electron chi connectivity index (χ2n) is 5.21. The molecule has 2 atom stereocenters. The molecule has 2 aromatic rings. The predicted octanol–water partition coefficient (Wildman–Crippen LogP) is 3.04. The van der Waals surface area contributed by atoms with Crippen LogP contribution in [0.1, 0.15) is 23.1 Å². The molecule has 0 aliphatic carbocycles. The molecular weight excluding hydrogens is 254 g/mol. The van der Waals surface area contributed by atoms with Crippen molar-refractivity contribution in [3.63, 3.8) is 0 Å². The van der Waals surface area contributed by atoms with Crippen molar-refractivity contribution in [2.45, 2.75) is 12.0 Å². The molecule has 0 aromatic heterocycles. The average molecular weight is 269 g/mol. The summed E-state index contributed by atoms with van der Waals surface area (Å²) in [4.78, 5) is 0. The van der Waals surface area contributed by atoms with E-state index in [1.165, 1.54) is 5.56 Å². The Bertz CT molecular complexity index is 683. The third-order valence-electron chi connectivity index (χ3n) is 4.12. The van der Waals surface area contributed by atoms with Gasteiger partial charge in [0.1, 0.15) is 17.2 Å². The number of aromatic hydroxyl groups is 1. The summed E-state index contributed by atoms with van der Waals surface area (Å²) in [6, 6.07) is 11.6. The molecule has 0 unspecified atom stereocenters. The summed E-state index contributed by atoms with van der Waals surface area (Å²) in [7, 11) is 1.67. The van der Waals surface area contributed by atoms with Crippen LogP contribution in [0.25, 0.3) is 0 Å². The van der Waals surface area contributed by atoms with E-state index in [2.05, 4.69) is 11.4 Å². The molecule has 0 radical (unpaired) electrons. The summed E-state index contributed by atoms with van der Waals surface area (Å²) in [5.41, 5.74) is 3.45. The van der Waals surface area contributed by atoms with Crippen LogP contribution in [0.5, 0.6) is 17.2 Å². The minimum atomic E-state index is 0.196. The zero-order chi connectivity index (χ0) is 13.7. The lowest BCUT2D eigenvalue weighted by Crippen LogP contribution is -2.23. The van der Waals surface area contributed by atoms with E-state index in [-0.39, 0.29) is 11.8 Å². The van der Waals surface area contributed by atoms with E-state index in [0.717, 1.165) is 22.7 Å². The lowest BCUT2D eigenvalue weighted by molar-refractivity contribution is 0.250. The molecule has 2 N–H and O–H groups in total. The number of anilines is 1. The van der Waals surface area contributed by atoms with E-state index in [9.17, 15) is 5.11 Å². The monoisotopic (exact) mass is 269 g/mol. The maximum Gasteiger partial charge on any atom is 0.128 e. The van der Waals surface area contributed by atoms with Gasteiger partial charge in [-0.15, -0.1) is 0 Å². The zero-order valence-electron chi connectivity index (χ0n) is 11.1. The van der Waals surface area contributed by atoms with Gasteiger partial charge >= 0.3 is 0 Å².